The van der Waals surface area contributed by atoms with Crippen molar-refractivity contribution >= 4 is 11.8 Å². The molecule has 6 heteroatoms. The summed E-state index contributed by atoms with van der Waals surface area (Å²) < 4.78 is 5.31. The summed E-state index contributed by atoms with van der Waals surface area (Å²) in [7, 11) is 0. The molecule has 1 fully saturated rings. The van der Waals surface area contributed by atoms with Crippen molar-refractivity contribution in [3.05, 3.63) is 71.3 Å². The van der Waals surface area contributed by atoms with E-state index < -0.39 is 0 Å². The van der Waals surface area contributed by atoms with Crippen molar-refractivity contribution in [1.29, 1.82) is 0 Å². The molecule has 2 N–H and O–H groups in total. The topological polar surface area (TPSA) is 70.7 Å². The second-order valence-corrected chi connectivity index (χ2v) is 6.89. The van der Waals surface area contributed by atoms with Crippen LogP contribution in [-0.2, 0) is 4.74 Å². The highest BCUT2D eigenvalue weighted by molar-refractivity contribution is 5.97. The van der Waals surface area contributed by atoms with E-state index in [1.165, 1.54) is 0 Å². The Labute approximate surface area is 165 Å². The minimum atomic E-state index is -0.157. The van der Waals surface area contributed by atoms with Crippen LogP contribution in [0.1, 0.15) is 39.2 Å². The van der Waals surface area contributed by atoms with E-state index in [9.17, 15) is 9.59 Å². The molecule has 1 aliphatic rings. The molecule has 2 aromatic carbocycles. The lowest BCUT2D eigenvalue weighted by atomic mass is 10.1. The molecule has 28 heavy (non-hydrogen) atoms. The van der Waals surface area contributed by atoms with E-state index in [4.69, 9.17) is 4.74 Å². The van der Waals surface area contributed by atoms with Crippen molar-refractivity contribution in [1.82, 2.24) is 15.5 Å². The molecule has 2 aromatic rings. The van der Waals surface area contributed by atoms with Crippen LogP contribution in [0.4, 0.5) is 0 Å². The summed E-state index contributed by atoms with van der Waals surface area (Å²) in [4.78, 5) is 27.0. The zero-order valence-electron chi connectivity index (χ0n) is 16.2. The van der Waals surface area contributed by atoms with Crippen molar-refractivity contribution in [3.63, 3.8) is 0 Å². The molecule has 1 unspecified atom stereocenters. The zero-order chi connectivity index (χ0) is 19.8. The lowest BCUT2D eigenvalue weighted by Gasteiger charge is -2.26. The van der Waals surface area contributed by atoms with Gasteiger partial charge in [-0.25, -0.2) is 0 Å². The summed E-state index contributed by atoms with van der Waals surface area (Å²) >= 11 is 0. The fraction of sp³-hybridized carbons (Fsp3) is 0.364. The van der Waals surface area contributed by atoms with E-state index in [0.29, 0.717) is 17.7 Å². The van der Waals surface area contributed by atoms with Crippen LogP contribution in [0, 0.1) is 0 Å². The Morgan fingerprint density at radius 2 is 1.57 bits per heavy atom. The molecule has 1 atom stereocenters. The Bertz CT molecular complexity index is 771. The molecular weight excluding hydrogens is 354 g/mol. The SMILES string of the molecule is CC(NC(=O)c1ccc(C(=O)NCCN2CCOCC2)cc1)c1ccccc1. The third kappa shape index (κ3) is 5.65. The summed E-state index contributed by atoms with van der Waals surface area (Å²) in [6.07, 6.45) is 0. The fourth-order valence-corrected chi connectivity index (χ4v) is 3.13. The number of benzene rings is 2. The third-order valence-electron chi connectivity index (χ3n) is 4.87. The van der Waals surface area contributed by atoms with Crippen molar-refractivity contribution in [2.24, 2.45) is 0 Å². The Morgan fingerprint density at radius 3 is 2.21 bits per heavy atom. The Kier molecular flexibility index (Phi) is 7.17. The van der Waals surface area contributed by atoms with Gasteiger partial charge in [0.15, 0.2) is 0 Å². The monoisotopic (exact) mass is 381 g/mol. The molecule has 2 amide bonds. The minimum absolute atomic E-state index is 0.0862. The van der Waals surface area contributed by atoms with Gasteiger partial charge in [-0.15, -0.1) is 0 Å². The molecule has 0 saturated carbocycles. The molecule has 0 aliphatic carbocycles. The van der Waals surface area contributed by atoms with Crippen LogP contribution in [0.2, 0.25) is 0 Å². The van der Waals surface area contributed by atoms with Gasteiger partial charge in [-0.1, -0.05) is 30.3 Å². The molecular formula is C22H27N3O3. The van der Waals surface area contributed by atoms with Gasteiger partial charge in [0.05, 0.1) is 19.3 Å². The van der Waals surface area contributed by atoms with Crippen LogP contribution < -0.4 is 10.6 Å². The average molecular weight is 381 g/mol. The maximum absolute atomic E-state index is 12.4. The number of carbonyl (C=O) groups is 2. The Balaban J connectivity index is 1.48. The number of rotatable bonds is 7. The summed E-state index contributed by atoms with van der Waals surface area (Å²) in [6.45, 7) is 6.66. The molecule has 1 heterocycles. The predicted octanol–water partition coefficient (Wildman–Crippen LogP) is 2.24. The minimum Gasteiger partial charge on any atom is -0.379 e. The quantitative estimate of drug-likeness (QED) is 0.772. The highest BCUT2D eigenvalue weighted by atomic mass is 16.5. The number of nitrogens with zero attached hydrogens (tertiary/aromatic N) is 1. The molecule has 0 radical (unpaired) electrons. The molecule has 0 spiro atoms. The third-order valence-corrected chi connectivity index (χ3v) is 4.87. The number of carbonyl (C=O) groups excluding carboxylic acids is 2. The summed E-state index contributed by atoms with van der Waals surface area (Å²) in [5.41, 5.74) is 2.13. The number of ether oxygens (including phenoxy) is 1. The second-order valence-electron chi connectivity index (χ2n) is 6.89. The summed E-state index contributed by atoms with van der Waals surface area (Å²) in [5.74, 6) is -0.284. The van der Waals surface area contributed by atoms with Gasteiger partial charge in [0.25, 0.3) is 11.8 Å². The molecule has 1 saturated heterocycles. The number of hydrogen-bond donors (Lipinski definition) is 2. The second kappa shape index (κ2) is 10.0. The maximum atomic E-state index is 12.4. The van der Waals surface area contributed by atoms with Crippen LogP contribution in [0.5, 0.6) is 0 Å². The van der Waals surface area contributed by atoms with Crippen LogP contribution in [0.3, 0.4) is 0 Å². The number of amides is 2. The van der Waals surface area contributed by atoms with Gasteiger partial charge < -0.3 is 15.4 Å². The smallest absolute Gasteiger partial charge is 0.251 e. The van der Waals surface area contributed by atoms with Crippen molar-refractivity contribution in [2.45, 2.75) is 13.0 Å². The first-order valence-electron chi connectivity index (χ1n) is 9.67. The number of morpholine rings is 1. The Morgan fingerprint density at radius 1 is 0.964 bits per heavy atom. The van der Waals surface area contributed by atoms with Gasteiger partial charge >= 0.3 is 0 Å². The van der Waals surface area contributed by atoms with Crippen molar-refractivity contribution in [2.75, 3.05) is 39.4 Å². The van der Waals surface area contributed by atoms with E-state index in [1.54, 1.807) is 24.3 Å². The highest BCUT2D eigenvalue weighted by Gasteiger charge is 2.13. The van der Waals surface area contributed by atoms with Gasteiger partial charge in [0.2, 0.25) is 0 Å². The van der Waals surface area contributed by atoms with E-state index in [2.05, 4.69) is 15.5 Å². The van der Waals surface area contributed by atoms with Crippen LogP contribution >= 0.6 is 0 Å². The largest absolute Gasteiger partial charge is 0.379 e. The molecule has 6 nitrogen and oxygen atoms in total. The van der Waals surface area contributed by atoms with Gasteiger partial charge in [-0.3, -0.25) is 14.5 Å². The summed E-state index contributed by atoms with van der Waals surface area (Å²) in [6, 6.07) is 16.5. The Hall–Kier alpha value is -2.70. The van der Waals surface area contributed by atoms with Crippen LogP contribution in [0.25, 0.3) is 0 Å². The first-order valence-corrected chi connectivity index (χ1v) is 9.67. The van der Waals surface area contributed by atoms with E-state index in [0.717, 1.165) is 38.4 Å². The predicted molar refractivity (Wildman–Crippen MR) is 108 cm³/mol. The van der Waals surface area contributed by atoms with Gasteiger partial charge in [0.1, 0.15) is 0 Å². The lowest BCUT2D eigenvalue weighted by Crippen LogP contribution is -2.41. The first-order chi connectivity index (χ1) is 13.6. The molecule has 0 aromatic heterocycles. The number of nitrogens with one attached hydrogen (secondary N) is 2. The maximum Gasteiger partial charge on any atom is 0.251 e. The number of hydrogen-bond acceptors (Lipinski definition) is 4. The lowest BCUT2D eigenvalue weighted by molar-refractivity contribution is 0.0383. The van der Waals surface area contributed by atoms with Gasteiger partial charge in [0, 0.05) is 37.3 Å². The van der Waals surface area contributed by atoms with E-state index in [1.807, 2.05) is 37.3 Å². The molecule has 148 valence electrons. The highest BCUT2D eigenvalue weighted by Crippen LogP contribution is 2.13. The summed E-state index contributed by atoms with van der Waals surface area (Å²) in [5, 5.41) is 5.90. The zero-order valence-corrected chi connectivity index (χ0v) is 16.2. The van der Waals surface area contributed by atoms with Gasteiger partial charge in [-0.05, 0) is 36.8 Å². The van der Waals surface area contributed by atoms with Crippen molar-refractivity contribution in [3.8, 4) is 0 Å². The van der Waals surface area contributed by atoms with Crippen LogP contribution in [0.15, 0.2) is 54.6 Å². The molecule has 0 bridgehead atoms. The first kappa shape index (κ1) is 20.0. The fourth-order valence-electron chi connectivity index (χ4n) is 3.13. The molecule has 3 rings (SSSR count). The van der Waals surface area contributed by atoms with Crippen molar-refractivity contribution < 1.29 is 14.3 Å². The average Bonchev–Trinajstić information content (AvgIpc) is 2.75. The van der Waals surface area contributed by atoms with E-state index in [-0.39, 0.29) is 17.9 Å². The van der Waals surface area contributed by atoms with Gasteiger partial charge in [-0.2, -0.15) is 0 Å². The van der Waals surface area contributed by atoms with E-state index >= 15 is 0 Å². The molecule has 1 aliphatic heterocycles. The standard InChI is InChI=1S/C22H27N3O3/c1-17(18-5-3-2-4-6-18)24-22(27)20-9-7-19(8-10-20)21(26)23-11-12-25-13-15-28-16-14-25/h2-10,17H,11-16H2,1H3,(H,23,26)(H,24,27). The van der Waals surface area contributed by atoms with Crippen LogP contribution in [-0.4, -0.2) is 56.1 Å². The normalized spacial score (nSPS) is 15.6.